The fourth-order valence-electron chi connectivity index (χ4n) is 3.80. The molecule has 2 N–H and O–H groups in total. The number of nitrogens with one attached hydrogen (secondary N) is 2. The topological polar surface area (TPSA) is 39.8 Å². The maximum Gasteiger partial charge on any atom is 0.0556 e. The molecule has 2 saturated heterocycles. The zero-order valence-corrected chi connectivity index (χ0v) is 15.1. The predicted molar refractivity (Wildman–Crippen MR) is 86.8 cm³/mol. The molecule has 0 aromatic carbocycles. The zero-order chi connectivity index (χ0) is 16.1. The Labute approximate surface area is 130 Å². The van der Waals surface area contributed by atoms with Crippen LogP contribution >= 0.6 is 0 Å². The first-order valence-corrected chi connectivity index (χ1v) is 8.09. The summed E-state index contributed by atoms with van der Waals surface area (Å²) in [5.41, 5.74) is -0.171. The maximum atomic E-state index is 6.58. The van der Waals surface area contributed by atoms with Crippen LogP contribution in [0.1, 0.15) is 55.4 Å². The van der Waals surface area contributed by atoms with Gasteiger partial charge in [0.25, 0.3) is 0 Å². The second kappa shape index (κ2) is 5.17. The Morgan fingerprint density at radius 3 is 1.05 bits per heavy atom. The molecule has 2 fully saturated rings. The Bertz CT molecular complexity index is 322. The van der Waals surface area contributed by atoms with Crippen LogP contribution in [0.5, 0.6) is 0 Å². The van der Waals surface area contributed by atoms with Crippen LogP contribution in [-0.4, -0.2) is 58.5 Å². The van der Waals surface area contributed by atoms with Gasteiger partial charge in [-0.3, -0.25) is 0 Å². The summed E-state index contributed by atoms with van der Waals surface area (Å²) < 4.78 is 0. The van der Waals surface area contributed by atoms with Crippen molar-refractivity contribution in [2.75, 3.05) is 26.2 Å². The molecule has 2 aliphatic rings. The third kappa shape index (κ3) is 3.27. The number of nitrogens with zero attached hydrogens (tertiary/aromatic N) is 2. The average molecular weight is 298 g/mol. The monoisotopic (exact) mass is 298 g/mol. The molecule has 0 aromatic rings. The summed E-state index contributed by atoms with van der Waals surface area (Å²) in [6, 6.07) is 0. The number of piperazine rings is 2. The van der Waals surface area contributed by atoms with Crippen molar-refractivity contribution in [2.24, 2.45) is 0 Å². The predicted octanol–water partition coefficient (Wildman–Crippen LogP) is 1.76. The van der Waals surface area contributed by atoms with Crippen molar-refractivity contribution in [3.05, 3.63) is 0 Å². The molecule has 0 spiro atoms. The number of rotatable bonds is 2. The van der Waals surface area contributed by atoms with Gasteiger partial charge in [0, 0.05) is 26.2 Å². The lowest BCUT2D eigenvalue weighted by Gasteiger charge is -2.58. The van der Waals surface area contributed by atoms with E-state index in [9.17, 15) is 0 Å². The molecular formula is C16H34N4O. The molecule has 0 bridgehead atoms. The van der Waals surface area contributed by atoms with Crippen LogP contribution in [0.2, 0.25) is 0 Å². The van der Waals surface area contributed by atoms with Crippen LogP contribution in [0, 0.1) is 0 Å². The van der Waals surface area contributed by atoms with Crippen molar-refractivity contribution >= 4 is 0 Å². The summed E-state index contributed by atoms with van der Waals surface area (Å²) in [6.07, 6.45) is 0. The summed E-state index contributed by atoms with van der Waals surface area (Å²) in [4.78, 5) is 6.58. The lowest BCUT2D eigenvalue weighted by atomic mass is 9.91. The molecule has 5 nitrogen and oxygen atoms in total. The Morgan fingerprint density at radius 1 is 0.571 bits per heavy atom. The molecule has 0 amide bonds. The van der Waals surface area contributed by atoms with E-state index >= 15 is 0 Å². The van der Waals surface area contributed by atoms with Crippen LogP contribution < -0.4 is 10.6 Å². The fourth-order valence-corrected chi connectivity index (χ4v) is 3.80. The van der Waals surface area contributed by atoms with E-state index in [2.05, 4.69) is 76.1 Å². The highest BCUT2D eigenvalue weighted by Crippen LogP contribution is 2.35. The van der Waals surface area contributed by atoms with Crippen molar-refractivity contribution in [1.29, 1.82) is 0 Å². The third-order valence-electron chi connectivity index (χ3n) is 4.59. The summed E-state index contributed by atoms with van der Waals surface area (Å²) in [5, 5.41) is 11.4. The minimum Gasteiger partial charge on any atom is -0.313 e. The molecule has 2 heterocycles. The van der Waals surface area contributed by atoms with Gasteiger partial charge in [0.05, 0.1) is 22.2 Å². The lowest BCUT2D eigenvalue weighted by Crippen LogP contribution is -2.74. The van der Waals surface area contributed by atoms with Crippen molar-refractivity contribution in [3.63, 3.8) is 0 Å². The molecule has 5 heteroatoms. The van der Waals surface area contributed by atoms with Crippen LogP contribution in [0.15, 0.2) is 0 Å². The third-order valence-corrected chi connectivity index (χ3v) is 4.59. The second-order valence-electron chi connectivity index (χ2n) is 9.13. The van der Waals surface area contributed by atoms with Crippen molar-refractivity contribution in [3.8, 4) is 0 Å². The minimum atomic E-state index is -0.0429. The van der Waals surface area contributed by atoms with E-state index in [0.717, 1.165) is 26.2 Å². The molecule has 0 radical (unpaired) electrons. The number of hydroxylamine groups is 4. The molecule has 21 heavy (non-hydrogen) atoms. The molecule has 2 rings (SSSR count). The highest BCUT2D eigenvalue weighted by Gasteiger charge is 2.49. The summed E-state index contributed by atoms with van der Waals surface area (Å²) in [6.45, 7) is 21.6. The van der Waals surface area contributed by atoms with Gasteiger partial charge >= 0.3 is 0 Å². The quantitative estimate of drug-likeness (QED) is 0.813. The van der Waals surface area contributed by atoms with Gasteiger partial charge < -0.3 is 10.6 Å². The standard InChI is InChI=1S/C16H34N4O/c1-13(2)9-17-10-14(3,4)19(13)21-20-15(5,6)11-18-12-16(20,7)8/h17-18H,9-12H2,1-8H3. The molecule has 124 valence electrons. The Hall–Kier alpha value is -0.200. The Morgan fingerprint density at radius 2 is 0.810 bits per heavy atom. The van der Waals surface area contributed by atoms with Crippen LogP contribution in [0.25, 0.3) is 0 Å². The van der Waals surface area contributed by atoms with E-state index in [-0.39, 0.29) is 22.2 Å². The molecule has 0 aliphatic carbocycles. The van der Waals surface area contributed by atoms with Gasteiger partial charge in [-0.2, -0.15) is 10.1 Å². The molecular weight excluding hydrogens is 264 g/mol. The number of hydrogen-bond acceptors (Lipinski definition) is 5. The largest absolute Gasteiger partial charge is 0.313 e. The van der Waals surface area contributed by atoms with Crippen molar-refractivity contribution in [1.82, 2.24) is 20.8 Å². The van der Waals surface area contributed by atoms with Gasteiger partial charge in [-0.25, -0.2) is 4.94 Å². The lowest BCUT2D eigenvalue weighted by molar-refractivity contribution is -0.436. The van der Waals surface area contributed by atoms with Crippen LogP contribution in [0.3, 0.4) is 0 Å². The zero-order valence-electron chi connectivity index (χ0n) is 15.1. The molecule has 0 aromatic heterocycles. The second-order valence-corrected chi connectivity index (χ2v) is 9.13. The Kier molecular flexibility index (Phi) is 4.22. The van der Waals surface area contributed by atoms with E-state index in [1.165, 1.54) is 0 Å². The smallest absolute Gasteiger partial charge is 0.0556 e. The van der Waals surface area contributed by atoms with Crippen molar-refractivity contribution in [2.45, 2.75) is 77.5 Å². The molecule has 0 unspecified atom stereocenters. The highest BCUT2D eigenvalue weighted by molar-refractivity contribution is 4.99. The molecule has 2 aliphatic heterocycles. The van der Waals surface area contributed by atoms with E-state index in [1.807, 2.05) is 0 Å². The minimum absolute atomic E-state index is 0.0429. The van der Waals surface area contributed by atoms with Gasteiger partial charge in [-0.05, 0) is 55.4 Å². The summed E-state index contributed by atoms with van der Waals surface area (Å²) in [5.74, 6) is 0. The summed E-state index contributed by atoms with van der Waals surface area (Å²) in [7, 11) is 0. The molecule has 0 atom stereocenters. The first kappa shape index (κ1) is 17.2. The molecule has 0 saturated carbocycles. The van der Waals surface area contributed by atoms with Gasteiger partial charge in [0.1, 0.15) is 0 Å². The van der Waals surface area contributed by atoms with Crippen LogP contribution in [0.4, 0.5) is 0 Å². The normalized spacial score (nSPS) is 32.0. The van der Waals surface area contributed by atoms with E-state index in [4.69, 9.17) is 4.94 Å². The van der Waals surface area contributed by atoms with Gasteiger partial charge in [0.15, 0.2) is 0 Å². The first-order valence-electron chi connectivity index (χ1n) is 8.09. The van der Waals surface area contributed by atoms with Gasteiger partial charge in [-0.1, -0.05) is 0 Å². The maximum absolute atomic E-state index is 6.58. The first-order chi connectivity index (χ1) is 9.39. The average Bonchev–Trinajstić information content (AvgIpc) is 2.23. The highest BCUT2D eigenvalue weighted by atomic mass is 16.8. The van der Waals surface area contributed by atoms with E-state index in [0.29, 0.717) is 0 Å². The van der Waals surface area contributed by atoms with E-state index < -0.39 is 0 Å². The SMILES string of the molecule is CC1(C)CNCC(C)(C)N1ON1C(C)(C)CNCC1(C)C. The van der Waals surface area contributed by atoms with Gasteiger partial charge in [0.2, 0.25) is 0 Å². The number of hydrogen-bond donors (Lipinski definition) is 2. The van der Waals surface area contributed by atoms with Crippen LogP contribution in [-0.2, 0) is 4.94 Å². The summed E-state index contributed by atoms with van der Waals surface area (Å²) >= 11 is 0. The fraction of sp³-hybridized carbons (Fsp3) is 1.00. The van der Waals surface area contributed by atoms with Gasteiger partial charge in [-0.15, -0.1) is 0 Å². The van der Waals surface area contributed by atoms with Crippen molar-refractivity contribution < 1.29 is 4.94 Å². The Balaban J connectivity index is 2.28. The van der Waals surface area contributed by atoms with E-state index in [1.54, 1.807) is 0 Å².